The molecule has 0 aromatic heterocycles. The summed E-state index contributed by atoms with van der Waals surface area (Å²) in [5.74, 6) is -2.50. The van der Waals surface area contributed by atoms with Gasteiger partial charge in [-0.15, -0.1) is 0 Å². The molecule has 1 N–H and O–H groups in total. The quantitative estimate of drug-likeness (QED) is 0.262. The van der Waals surface area contributed by atoms with Gasteiger partial charge in [-0.3, -0.25) is 9.59 Å². The number of allylic oxidation sites excluding steroid dienone is 3. The van der Waals surface area contributed by atoms with Crippen LogP contribution in [0.4, 0.5) is 0 Å². The van der Waals surface area contributed by atoms with Crippen molar-refractivity contribution in [1.82, 2.24) is 5.32 Å². The average molecular weight is 598 g/mol. The highest BCUT2D eigenvalue weighted by Gasteiger charge is 2.49. The molecular weight excluding hydrogens is 562 g/mol. The van der Waals surface area contributed by atoms with E-state index in [-0.39, 0.29) is 5.57 Å². The second-order valence-corrected chi connectivity index (χ2v) is 10.6. The first-order chi connectivity index (χ1) is 21.3. The van der Waals surface area contributed by atoms with Gasteiger partial charge in [-0.1, -0.05) is 48.5 Å². The van der Waals surface area contributed by atoms with Gasteiger partial charge in [-0.05, 0) is 54.3 Å². The summed E-state index contributed by atoms with van der Waals surface area (Å²) < 4.78 is 27.4. The molecule has 1 aliphatic heterocycles. The largest absolute Gasteiger partial charge is 0.497 e. The van der Waals surface area contributed by atoms with Gasteiger partial charge < -0.3 is 29.0 Å². The van der Waals surface area contributed by atoms with E-state index >= 15 is 0 Å². The number of hydrogen-bond donors (Lipinski definition) is 1. The summed E-state index contributed by atoms with van der Waals surface area (Å²) in [6.07, 6.45) is 0.338. The van der Waals surface area contributed by atoms with E-state index < -0.39 is 35.5 Å². The molecule has 3 aromatic rings. The summed E-state index contributed by atoms with van der Waals surface area (Å²) in [6.45, 7) is 2.11. The van der Waals surface area contributed by atoms with Crippen molar-refractivity contribution < 1.29 is 38.1 Å². The van der Waals surface area contributed by atoms with Gasteiger partial charge in [0.2, 0.25) is 0 Å². The number of nitrogens with one attached hydrogen (secondary N) is 1. The van der Waals surface area contributed by atoms with Crippen molar-refractivity contribution in [2.75, 3.05) is 28.4 Å². The maximum Gasteiger partial charge on any atom is 0.336 e. The Morgan fingerprint density at radius 2 is 1.55 bits per heavy atom. The highest BCUT2D eigenvalue weighted by molar-refractivity contribution is 6.13. The van der Waals surface area contributed by atoms with E-state index in [0.29, 0.717) is 52.8 Å². The lowest BCUT2D eigenvalue weighted by Gasteiger charge is -2.39. The lowest BCUT2D eigenvalue weighted by Crippen LogP contribution is -2.43. The predicted molar refractivity (Wildman–Crippen MR) is 162 cm³/mol. The smallest absolute Gasteiger partial charge is 0.336 e. The molecule has 228 valence electrons. The Bertz CT molecular complexity index is 1620. The van der Waals surface area contributed by atoms with Crippen molar-refractivity contribution in [3.05, 3.63) is 112 Å². The molecule has 9 nitrogen and oxygen atoms in total. The minimum absolute atomic E-state index is 0.270. The predicted octanol–water partition coefficient (Wildman–Crippen LogP) is 5.22. The SMILES string of the molecule is COC(=O)C1=C(C)NC2=C(C(=O)C(C(=O)OC)C(c3ccc(OC)cc3)C2)C1c1ccc(OCc2ccccc2)c(OC)c1. The number of ether oxygens (including phenoxy) is 5. The van der Waals surface area contributed by atoms with Crippen LogP contribution in [0.3, 0.4) is 0 Å². The summed E-state index contributed by atoms with van der Waals surface area (Å²) >= 11 is 0. The Morgan fingerprint density at radius 3 is 2.18 bits per heavy atom. The first-order valence-electron chi connectivity index (χ1n) is 14.2. The van der Waals surface area contributed by atoms with Crippen molar-refractivity contribution in [2.24, 2.45) is 5.92 Å². The second-order valence-electron chi connectivity index (χ2n) is 10.6. The van der Waals surface area contributed by atoms with Gasteiger partial charge >= 0.3 is 11.9 Å². The Kier molecular flexibility index (Phi) is 9.04. The van der Waals surface area contributed by atoms with E-state index in [9.17, 15) is 14.4 Å². The fourth-order valence-corrected chi connectivity index (χ4v) is 6.03. The molecule has 3 unspecified atom stereocenters. The van der Waals surface area contributed by atoms with Gasteiger partial charge in [-0.2, -0.15) is 0 Å². The van der Waals surface area contributed by atoms with Crippen molar-refractivity contribution in [2.45, 2.75) is 31.8 Å². The van der Waals surface area contributed by atoms with Gasteiger partial charge in [0.25, 0.3) is 0 Å². The second kappa shape index (κ2) is 13.1. The van der Waals surface area contributed by atoms with Crippen LogP contribution in [-0.4, -0.2) is 46.2 Å². The molecule has 5 rings (SSSR count). The third kappa shape index (κ3) is 5.77. The Hall–Kier alpha value is -5.05. The van der Waals surface area contributed by atoms with Crippen LogP contribution < -0.4 is 19.5 Å². The maximum atomic E-state index is 14.4. The zero-order valence-electron chi connectivity index (χ0n) is 25.3. The highest BCUT2D eigenvalue weighted by Crippen LogP contribution is 2.49. The van der Waals surface area contributed by atoms with E-state index in [4.69, 9.17) is 23.7 Å². The molecule has 0 spiro atoms. The number of hydrogen-bond acceptors (Lipinski definition) is 9. The zero-order chi connectivity index (χ0) is 31.4. The molecule has 1 aliphatic carbocycles. The molecule has 0 radical (unpaired) electrons. The van der Waals surface area contributed by atoms with Crippen LogP contribution >= 0.6 is 0 Å². The van der Waals surface area contributed by atoms with Gasteiger partial charge in [0.15, 0.2) is 17.3 Å². The number of rotatable bonds is 9. The molecule has 9 heteroatoms. The number of carbonyl (C=O) groups excluding carboxylic acids is 3. The maximum absolute atomic E-state index is 14.4. The van der Waals surface area contributed by atoms with Crippen molar-refractivity contribution >= 4 is 17.7 Å². The number of ketones is 1. The van der Waals surface area contributed by atoms with Gasteiger partial charge in [0, 0.05) is 28.8 Å². The average Bonchev–Trinajstić information content (AvgIpc) is 3.06. The zero-order valence-corrected chi connectivity index (χ0v) is 25.3. The van der Waals surface area contributed by atoms with Crippen LogP contribution in [0.1, 0.15) is 41.9 Å². The molecule has 3 atom stereocenters. The van der Waals surface area contributed by atoms with E-state index in [1.54, 1.807) is 44.4 Å². The van der Waals surface area contributed by atoms with E-state index in [0.717, 1.165) is 11.1 Å². The highest BCUT2D eigenvalue weighted by atomic mass is 16.5. The molecule has 2 aliphatic rings. The lowest BCUT2D eigenvalue weighted by atomic mass is 9.67. The monoisotopic (exact) mass is 597 g/mol. The van der Waals surface area contributed by atoms with Gasteiger partial charge in [0.1, 0.15) is 18.3 Å². The molecule has 0 fully saturated rings. The summed E-state index contributed by atoms with van der Waals surface area (Å²) in [4.78, 5) is 40.9. The van der Waals surface area contributed by atoms with E-state index in [1.807, 2.05) is 42.5 Å². The molecular formula is C35H35NO8. The first-order valence-corrected chi connectivity index (χ1v) is 14.2. The van der Waals surface area contributed by atoms with E-state index in [2.05, 4.69) is 5.32 Å². The molecule has 0 amide bonds. The van der Waals surface area contributed by atoms with Gasteiger partial charge in [0.05, 0.1) is 34.0 Å². The topological polar surface area (TPSA) is 109 Å². The minimum atomic E-state index is -1.12. The van der Waals surface area contributed by atoms with Crippen LogP contribution in [0, 0.1) is 5.92 Å². The molecule has 44 heavy (non-hydrogen) atoms. The first kappa shape index (κ1) is 30.4. The lowest BCUT2D eigenvalue weighted by molar-refractivity contribution is -0.150. The van der Waals surface area contributed by atoms with Crippen LogP contribution in [0.25, 0.3) is 0 Å². The summed E-state index contributed by atoms with van der Waals surface area (Å²) in [5, 5.41) is 3.30. The van der Waals surface area contributed by atoms with Gasteiger partial charge in [-0.25, -0.2) is 4.79 Å². The van der Waals surface area contributed by atoms with Crippen molar-refractivity contribution in [1.29, 1.82) is 0 Å². The number of benzene rings is 3. The molecule has 1 heterocycles. The minimum Gasteiger partial charge on any atom is -0.497 e. The molecule has 0 saturated heterocycles. The fraction of sp³-hybridized carbons (Fsp3) is 0.286. The fourth-order valence-electron chi connectivity index (χ4n) is 6.03. The summed E-state index contributed by atoms with van der Waals surface area (Å²) in [5.41, 5.74) is 4.17. The summed E-state index contributed by atoms with van der Waals surface area (Å²) in [7, 11) is 5.67. The normalized spacial score (nSPS) is 19.5. The standard InChI is InChI=1S/C35H35NO8/c1-20-29(34(38)42-4)30(23-13-16-27(28(17-23)41-3)44-19-21-9-7-6-8-10-21)32-26(36-20)18-25(31(33(32)37)35(39)43-5)22-11-14-24(40-2)15-12-22/h6-17,25,30-31,36H,18-19H2,1-5H3. The van der Waals surface area contributed by atoms with Crippen molar-refractivity contribution in [3.63, 3.8) is 0 Å². The van der Waals surface area contributed by atoms with Crippen LogP contribution in [-0.2, 0) is 30.5 Å². The van der Waals surface area contributed by atoms with Crippen LogP contribution in [0.2, 0.25) is 0 Å². The third-order valence-corrected chi connectivity index (χ3v) is 8.18. The molecule has 0 saturated carbocycles. The van der Waals surface area contributed by atoms with E-state index in [1.165, 1.54) is 21.3 Å². The number of Topliss-reactive ketones (excluding diaryl/α,β-unsaturated/α-hetero) is 1. The Labute approximate surface area is 256 Å². The third-order valence-electron chi connectivity index (χ3n) is 8.18. The molecule has 3 aromatic carbocycles. The van der Waals surface area contributed by atoms with Crippen LogP contribution in [0.15, 0.2) is 95.3 Å². The van der Waals surface area contributed by atoms with Crippen molar-refractivity contribution in [3.8, 4) is 17.2 Å². The summed E-state index contributed by atoms with van der Waals surface area (Å²) in [6, 6.07) is 22.3. The Morgan fingerprint density at radius 1 is 0.841 bits per heavy atom. The van der Waals surface area contributed by atoms with Crippen LogP contribution in [0.5, 0.6) is 17.2 Å². The number of methoxy groups -OCH3 is 4. The number of dihydropyridines is 1. The number of carbonyl (C=O) groups is 3. The molecule has 0 bridgehead atoms. The Balaban J connectivity index is 1.60. The number of esters is 2.